The molecular weight excluding hydrogens is 184 g/mol. The van der Waals surface area contributed by atoms with E-state index in [1.54, 1.807) is 13.3 Å². The Morgan fingerprint density at radius 1 is 1.20 bits per heavy atom. The molecule has 0 aromatic carbocycles. The summed E-state index contributed by atoms with van der Waals surface area (Å²) in [5.74, 6) is 0.608. The standard InChI is InChI=1S/C13H23N2/c1-11(2)12(3)8-10-15(6)13(4)7-9-14-5/h7-11H,1-6H3/q+1. The van der Waals surface area contributed by atoms with Crippen LogP contribution in [0.2, 0.25) is 0 Å². The van der Waals surface area contributed by atoms with Crippen molar-refractivity contribution in [3.63, 3.8) is 0 Å². The lowest BCUT2D eigenvalue weighted by Crippen LogP contribution is -2.04. The number of rotatable bonds is 4. The maximum Gasteiger partial charge on any atom is 0.179 e. The van der Waals surface area contributed by atoms with Crippen molar-refractivity contribution in [3.8, 4) is 0 Å². The second-order valence-corrected chi connectivity index (χ2v) is 4.04. The summed E-state index contributed by atoms with van der Waals surface area (Å²) in [5.41, 5.74) is 2.56. The van der Waals surface area contributed by atoms with Gasteiger partial charge < -0.3 is 0 Å². The van der Waals surface area contributed by atoms with Gasteiger partial charge in [0, 0.05) is 32.3 Å². The van der Waals surface area contributed by atoms with Gasteiger partial charge in [-0.25, -0.2) is 4.58 Å². The molecule has 0 unspecified atom stereocenters. The van der Waals surface area contributed by atoms with E-state index in [0.717, 1.165) is 0 Å². The third kappa shape index (κ3) is 6.00. The Balaban J connectivity index is 4.64. The highest BCUT2D eigenvalue weighted by molar-refractivity contribution is 5.72. The molecule has 0 aromatic heterocycles. The van der Waals surface area contributed by atoms with E-state index in [4.69, 9.17) is 0 Å². The minimum absolute atomic E-state index is 0.608. The van der Waals surface area contributed by atoms with E-state index in [2.05, 4.69) is 49.6 Å². The fraction of sp³-hybridized carbons (Fsp3) is 0.538. The molecule has 15 heavy (non-hydrogen) atoms. The molecule has 0 radical (unpaired) electrons. The SMILES string of the molecule is CN=CC=C(C)[N+](C)=CC=C(C)C(C)C. The van der Waals surface area contributed by atoms with Crippen LogP contribution >= 0.6 is 0 Å². The van der Waals surface area contributed by atoms with Crippen LogP contribution < -0.4 is 0 Å². The van der Waals surface area contributed by atoms with Crippen molar-refractivity contribution in [3.05, 3.63) is 23.4 Å². The molecule has 0 rings (SSSR count). The van der Waals surface area contributed by atoms with E-state index < -0.39 is 0 Å². The first-order valence-electron chi connectivity index (χ1n) is 5.32. The van der Waals surface area contributed by atoms with E-state index in [1.165, 1.54) is 11.3 Å². The molecule has 0 amide bonds. The van der Waals surface area contributed by atoms with Gasteiger partial charge >= 0.3 is 0 Å². The van der Waals surface area contributed by atoms with Crippen LogP contribution in [-0.4, -0.2) is 31.1 Å². The minimum Gasteiger partial charge on any atom is -0.296 e. The molecule has 0 spiro atoms. The Morgan fingerprint density at radius 2 is 1.80 bits per heavy atom. The molecule has 0 saturated carbocycles. The lowest BCUT2D eigenvalue weighted by Gasteiger charge is -2.01. The zero-order valence-electron chi connectivity index (χ0n) is 10.8. The van der Waals surface area contributed by atoms with Crippen LogP contribution in [-0.2, 0) is 0 Å². The summed E-state index contributed by atoms with van der Waals surface area (Å²) in [4.78, 5) is 3.92. The molecular formula is C13H23N2+. The van der Waals surface area contributed by atoms with Gasteiger partial charge in [-0.1, -0.05) is 19.4 Å². The number of hydrogen-bond acceptors (Lipinski definition) is 1. The monoisotopic (exact) mass is 207 g/mol. The number of aliphatic imine (C=N–C) groups is 1. The van der Waals surface area contributed by atoms with Gasteiger partial charge in [0.1, 0.15) is 7.05 Å². The van der Waals surface area contributed by atoms with Gasteiger partial charge in [0.15, 0.2) is 11.9 Å². The van der Waals surface area contributed by atoms with Gasteiger partial charge in [-0.05, 0) is 12.8 Å². The molecule has 2 heteroatoms. The van der Waals surface area contributed by atoms with Crippen LogP contribution in [0.25, 0.3) is 0 Å². The maximum atomic E-state index is 3.92. The summed E-state index contributed by atoms with van der Waals surface area (Å²) >= 11 is 0. The van der Waals surface area contributed by atoms with Gasteiger partial charge in [0.25, 0.3) is 0 Å². The second-order valence-electron chi connectivity index (χ2n) is 4.04. The van der Waals surface area contributed by atoms with E-state index in [9.17, 15) is 0 Å². The van der Waals surface area contributed by atoms with Crippen LogP contribution in [0.5, 0.6) is 0 Å². The largest absolute Gasteiger partial charge is 0.296 e. The summed E-state index contributed by atoms with van der Waals surface area (Å²) in [5, 5.41) is 0. The molecule has 0 aromatic rings. The van der Waals surface area contributed by atoms with Gasteiger partial charge in [-0.2, -0.15) is 0 Å². The summed E-state index contributed by atoms with van der Waals surface area (Å²) in [6.07, 6.45) is 8.05. The molecule has 0 heterocycles. The minimum atomic E-state index is 0.608. The van der Waals surface area contributed by atoms with Crippen molar-refractivity contribution in [2.45, 2.75) is 27.7 Å². The highest BCUT2D eigenvalue weighted by Gasteiger charge is 1.99. The Kier molecular flexibility index (Phi) is 6.59. The molecule has 0 fully saturated rings. The molecule has 0 atom stereocenters. The molecule has 84 valence electrons. The molecule has 0 aliphatic carbocycles. The van der Waals surface area contributed by atoms with Crippen molar-refractivity contribution in [2.24, 2.45) is 10.9 Å². The first kappa shape index (κ1) is 13.8. The normalized spacial score (nSPS) is 15.5. The molecule has 0 saturated heterocycles. The van der Waals surface area contributed by atoms with Gasteiger partial charge in [-0.15, -0.1) is 0 Å². The molecule has 0 aliphatic rings. The van der Waals surface area contributed by atoms with Gasteiger partial charge in [0.2, 0.25) is 0 Å². The van der Waals surface area contributed by atoms with E-state index in [0.29, 0.717) is 5.92 Å². The topological polar surface area (TPSA) is 15.4 Å². The summed E-state index contributed by atoms with van der Waals surface area (Å²) < 4.78 is 2.09. The average molecular weight is 207 g/mol. The predicted molar refractivity (Wildman–Crippen MR) is 69.0 cm³/mol. The van der Waals surface area contributed by atoms with E-state index in [-0.39, 0.29) is 0 Å². The summed E-state index contributed by atoms with van der Waals surface area (Å²) in [6.45, 7) is 8.62. The predicted octanol–water partition coefficient (Wildman–Crippen LogP) is 2.91. The number of hydrogen-bond donors (Lipinski definition) is 0. The van der Waals surface area contributed by atoms with Crippen molar-refractivity contribution < 1.29 is 4.58 Å². The Bertz CT molecular complexity index is 304. The molecule has 0 aliphatic heterocycles. The zero-order chi connectivity index (χ0) is 11.8. The van der Waals surface area contributed by atoms with Crippen LogP contribution in [0.15, 0.2) is 28.4 Å². The maximum absolute atomic E-state index is 3.92. The first-order valence-corrected chi connectivity index (χ1v) is 5.32. The molecule has 2 nitrogen and oxygen atoms in total. The lowest BCUT2D eigenvalue weighted by atomic mass is 10.1. The third-order valence-electron chi connectivity index (χ3n) is 2.49. The van der Waals surface area contributed by atoms with E-state index >= 15 is 0 Å². The Hall–Kier alpha value is -1.18. The number of allylic oxidation sites excluding steroid dienone is 4. The Labute approximate surface area is 93.7 Å². The van der Waals surface area contributed by atoms with Gasteiger partial charge in [-0.3, -0.25) is 4.99 Å². The smallest absolute Gasteiger partial charge is 0.179 e. The summed E-state index contributed by atoms with van der Waals surface area (Å²) in [6, 6.07) is 0. The fourth-order valence-electron chi connectivity index (χ4n) is 0.839. The van der Waals surface area contributed by atoms with Crippen LogP contribution in [0.3, 0.4) is 0 Å². The summed E-state index contributed by atoms with van der Waals surface area (Å²) in [7, 11) is 3.82. The van der Waals surface area contributed by atoms with Crippen molar-refractivity contribution in [2.75, 3.05) is 14.1 Å². The lowest BCUT2D eigenvalue weighted by molar-refractivity contribution is -0.437. The van der Waals surface area contributed by atoms with E-state index in [1.807, 2.05) is 13.1 Å². The average Bonchev–Trinajstić information content (AvgIpc) is 2.21. The van der Waals surface area contributed by atoms with Gasteiger partial charge in [0.05, 0.1) is 0 Å². The Morgan fingerprint density at radius 3 is 2.27 bits per heavy atom. The highest BCUT2D eigenvalue weighted by Crippen LogP contribution is 2.06. The zero-order valence-corrected chi connectivity index (χ0v) is 10.8. The van der Waals surface area contributed by atoms with Crippen LogP contribution in [0, 0.1) is 5.92 Å². The molecule has 0 bridgehead atoms. The van der Waals surface area contributed by atoms with Crippen molar-refractivity contribution in [1.29, 1.82) is 0 Å². The second kappa shape index (κ2) is 7.16. The van der Waals surface area contributed by atoms with Crippen molar-refractivity contribution >= 4 is 12.4 Å². The van der Waals surface area contributed by atoms with Crippen LogP contribution in [0.4, 0.5) is 0 Å². The first-order chi connectivity index (χ1) is 6.99. The fourth-order valence-corrected chi connectivity index (χ4v) is 0.839. The highest BCUT2D eigenvalue weighted by atomic mass is 15.0. The quantitative estimate of drug-likeness (QED) is 0.497. The third-order valence-corrected chi connectivity index (χ3v) is 2.49. The molecule has 0 N–H and O–H groups in total. The van der Waals surface area contributed by atoms with Crippen molar-refractivity contribution in [1.82, 2.24) is 0 Å². The number of nitrogens with zero attached hydrogens (tertiary/aromatic N) is 2. The van der Waals surface area contributed by atoms with Crippen LogP contribution in [0.1, 0.15) is 27.7 Å².